The highest BCUT2D eigenvalue weighted by atomic mass is 15.1. The predicted octanol–water partition coefficient (Wildman–Crippen LogP) is 4.76. The summed E-state index contributed by atoms with van der Waals surface area (Å²) in [6, 6.07) is 13.3. The fourth-order valence-corrected chi connectivity index (χ4v) is 4.79. The Morgan fingerprint density at radius 1 is 0.960 bits per heavy atom. The lowest BCUT2D eigenvalue weighted by atomic mass is 9.86. The van der Waals surface area contributed by atoms with E-state index in [1.165, 1.54) is 75.0 Å². The monoisotopic (exact) mass is 334 g/mol. The largest absolute Gasteiger partial charge is 0.303 e. The van der Waals surface area contributed by atoms with Gasteiger partial charge in [0.25, 0.3) is 0 Å². The van der Waals surface area contributed by atoms with Crippen LogP contribution in [0.5, 0.6) is 0 Å². The first-order valence-corrected chi connectivity index (χ1v) is 10.0. The first-order chi connectivity index (χ1) is 12.3. The molecule has 1 aromatic heterocycles. The van der Waals surface area contributed by atoms with Crippen molar-refractivity contribution in [3.05, 3.63) is 65.0 Å². The summed E-state index contributed by atoms with van der Waals surface area (Å²) in [5.41, 5.74) is 5.89. The van der Waals surface area contributed by atoms with Crippen LogP contribution >= 0.6 is 0 Å². The molecular formula is C23H30N2. The van der Waals surface area contributed by atoms with Gasteiger partial charge >= 0.3 is 0 Å². The lowest BCUT2D eigenvalue weighted by molar-refractivity contribution is 0.175. The van der Waals surface area contributed by atoms with Crippen LogP contribution < -0.4 is 0 Å². The van der Waals surface area contributed by atoms with E-state index in [-0.39, 0.29) is 0 Å². The molecule has 1 saturated heterocycles. The van der Waals surface area contributed by atoms with Crippen molar-refractivity contribution in [1.29, 1.82) is 0 Å². The molecule has 0 radical (unpaired) electrons. The molecule has 1 atom stereocenters. The van der Waals surface area contributed by atoms with Crippen LogP contribution in [0.25, 0.3) is 0 Å². The van der Waals surface area contributed by atoms with E-state index in [2.05, 4.69) is 53.2 Å². The maximum Gasteiger partial charge on any atom is 0.0435 e. The van der Waals surface area contributed by atoms with Gasteiger partial charge in [0.1, 0.15) is 0 Å². The summed E-state index contributed by atoms with van der Waals surface area (Å²) in [6.45, 7) is 6.08. The minimum absolute atomic E-state index is 0.764. The van der Waals surface area contributed by atoms with E-state index in [4.69, 9.17) is 0 Å². The highest BCUT2D eigenvalue weighted by Crippen LogP contribution is 2.31. The average molecular weight is 335 g/mol. The SMILES string of the molecule is Cc1ccccc1C1CCN(C[C@@H]2CCc3cccnc3CC2)CC1. The van der Waals surface area contributed by atoms with Crippen molar-refractivity contribution >= 4 is 0 Å². The second-order valence-corrected chi connectivity index (χ2v) is 7.98. The molecule has 1 aliphatic carbocycles. The minimum Gasteiger partial charge on any atom is -0.303 e. The van der Waals surface area contributed by atoms with Crippen molar-refractivity contribution in [1.82, 2.24) is 9.88 Å². The summed E-state index contributed by atoms with van der Waals surface area (Å²) in [6.07, 6.45) is 9.61. The molecule has 1 aliphatic heterocycles. The third-order valence-electron chi connectivity index (χ3n) is 6.33. The first kappa shape index (κ1) is 16.8. The van der Waals surface area contributed by atoms with Gasteiger partial charge in [-0.25, -0.2) is 0 Å². The Morgan fingerprint density at radius 3 is 2.60 bits per heavy atom. The van der Waals surface area contributed by atoms with Gasteiger partial charge in [-0.2, -0.15) is 0 Å². The van der Waals surface area contributed by atoms with Gasteiger partial charge in [0.2, 0.25) is 0 Å². The molecule has 0 N–H and O–H groups in total. The Bertz CT molecular complexity index is 674. The molecule has 4 rings (SSSR count). The van der Waals surface area contributed by atoms with Gasteiger partial charge in [-0.05, 0) is 93.1 Å². The fourth-order valence-electron chi connectivity index (χ4n) is 4.79. The average Bonchev–Trinajstić information content (AvgIpc) is 2.86. The number of likely N-dealkylation sites (tertiary alicyclic amines) is 1. The molecule has 0 saturated carbocycles. The smallest absolute Gasteiger partial charge is 0.0435 e. The van der Waals surface area contributed by atoms with Gasteiger partial charge in [0.05, 0.1) is 0 Å². The number of benzene rings is 1. The topological polar surface area (TPSA) is 16.1 Å². The van der Waals surface area contributed by atoms with Gasteiger partial charge in [0, 0.05) is 18.4 Å². The second-order valence-electron chi connectivity index (χ2n) is 7.98. The molecule has 0 amide bonds. The highest BCUT2D eigenvalue weighted by molar-refractivity contribution is 5.29. The Labute approximate surface area is 152 Å². The molecule has 2 heteroatoms. The molecule has 2 nitrogen and oxygen atoms in total. The number of nitrogens with zero attached hydrogens (tertiary/aromatic N) is 2. The van der Waals surface area contributed by atoms with Crippen LogP contribution in [-0.4, -0.2) is 29.5 Å². The maximum atomic E-state index is 4.60. The number of pyridine rings is 1. The number of hydrogen-bond donors (Lipinski definition) is 0. The Kier molecular flexibility index (Phi) is 5.17. The molecule has 25 heavy (non-hydrogen) atoms. The third kappa shape index (κ3) is 3.95. The summed E-state index contributed by atoms with van der Waals surface area (Å²) in [4.78, 5) is 7.32. The molecule has 132 valence electrons. The normalized spacial score (nSPS) is 22.4. The number of hydrogen-bond acceptors (Lipinski definition) is 2. The Morgan fingerprint density at radius 2 is 1.76 bits per heavy atom. The van der Waals surface area contributed by atoms with Crippen LogP contribution in [0, 0.1) is 12.8 Å². The second kappa shape index (κ2) is 7.70. The van der Waals surface area contributed by atoms with Crippen LogP contribution in [0.1, 0.15) is 54.0 Å². The summed E-state index contributed by atoms with van der Waals surface area (Å²) < 4.78 is 0. The van der Waals surface area contributed by atoms with Crippen molar-refractivity contribution in [2.24, 2.45) is 5.92 Å². The Hall–Kier alpha value is -1.67. The van der Waals surface area contributed by atoms with Crippen molar-refractivity contribution in [2.45, 2.75) is 51.4 Å². The van der Waals surface area contributed by atoms with Gasteiger partial charge in [0.15, 0.2) is 0 Å². The molecular weight excluding hydrogens is 304 g/mol. The van der Waals surface area contributed by atoms with E-state index in [1.807, 2.05) is 6.20 Å². The lowest BCUT2D eigenvalue weighted by Crippen LogP contribution is -2.36. The predicted molar refractivity (Wildman–Crippen MR) is 104 cm³/mol. The molecule has 1 aromatic carbocycles. The quantitative estimate of drug-likeness (QED) is 0.752. The zero-order valence-electron chi connectivity index (χ0n) is 15.5. The molecule has 0 bridgehead atoms. The van der Waals surface area contributed by atoms with Crippen LogP contribution in [-0.2, 0) is 12.8 Å². The van der Waals surface area contributed by atoms with Crippen molar-refractivity contribution in [2.75, 3.05) is 19.6 Å². The third-order valence-corrected chi connectivity index (χ3v) is 6.33. The van der Waals surface area contributed by atoms with E-state index in [0.29, 0.717) is 0 Å². The molecule has 2 aliphatic rings. The Balaban J connectivity index is 1.30. The number of rotatable bonds is 3. The standard InChI is InChI=1S/C23H30N2/c1-18-5-2-3-7-22(18)20-12-15-25(16-13-20)17-19-8-10-21-6-4-14-24-23(21)11-9-19/h2-7,14,19-20H,8-13,15-17H2,1H3/t19-/m1/s1. The number of aryl methyl sites for hydroxylation is 3. The van der Waals surface area contributed by atoms with Gasteiger partial charge in [-0.1, -0.05) is 30.3 Å². The molecule has 0 unspecified atom stereocenters. The van der Waals surface area contributed by atoms with E-state index < -0.39 is 0 Å². The van der Waals surface area contributed by atoms with Crippen LogP contribution in [0.15, 0.2) is 42.6 Å². The fraction of sp³-hybridized carbons (Fsp3) is 0.522. The number of fused-ring (bicyclic) bond motifs is 1. The molecule has 2 aromatic rings. The molecule has 2 heterocycles. The summed E-state index contributed by atoms with van der Waals surface area (Å²) in [5, 5.41) is 0. The van der Waals surface area contributed by atoms with E-state index >= 15 is 0 Å². The summed E-state index contributed by atoms with van der Waals surface area (Å²) >= 11 is 0. The molecule has 0 spiro atoms. The van der Waals surface area contributed by atoms with Gasteiger partial charge in [-0.3, -0.25) is 4.98 Å². The maximum absolute atomic E-state index is 4.60. The lowest BCUT2D eigenvalue weighted by Gasteiger charge is -2.34. The van der Waals surface area contributed by atoms with Crippen LogP contribution in [0.3, 0.4) is 0 Å². The number of aromatic nitrogens is 1. The van der Waals surface area contributed by atoms with E-state index in [0.717, 1.165) is 11.8 Å². The zero-order chi connectivity index (χ0) is 17.1. The van der Waals surface area contributed by atoms with Crippen molar-refractivity contribution < 1.29 is 0 Å². The van der Waals surface area contributed by atoms with Gasteiger partial charge < -0.3 is 4.90 Å². The first-order valence-electron chi connectivity index (χ1n) is 10.0. The number of piperidine rings is 1. The highest BCUT2D eigenvalue weighted by Gasteiger charge is 2.24. The van der Waals surface area contributed by atoms with E-state index in [1.54, 1.807) is 5.56 Å². The van der Waals surface area contributed by atoms with Gasteiger partial charge in [-0.15, -0.1) is 0 Å². The molecule has 1 fully saturated rings. The zero-order valence-corrected chi connectivity index (χ0v) is 15.5. The van der Waals surface area contributed by atoms with E-state index in [9.17, 15) is 0 Å². The van der Waals surface area contributed by atoms with Crippen LogP contribution in [0.2, 0.25) is 0 Å². The van der Waals surface area contributed by atoms with Crippen molar-refractivity contribution in [3.8, 4) is 0 Å². The van der Waals surface area contributed by atoms with Crippen molar-refractivity contribution in [3.63, 3.8) is 0 Å². The summed E-state index contributed by atoms with van der Waals surface area (Å²) in [5.74, 6) is 1.60. The minimum atomic E-state index is 0.764. The van der Waals surface area contributed by atoms with Crippen LogP contribution in [0.4, 0.5) is 0 Å². The summed E-state index contributed by atoms with van der Waals surface area (Å²) in [7, 11) is 0.